The predicted octanol–water partition coefficient (Wildman–Crippen LogP) is 1.45. The van der Waals surface area contributed by atoms with Gasteiger partial charge in [-0.05, 0) is 20.3 Å². The fraction of sp³-hybridized carbons (Fsp3) is 0.727. The summed E-state index contributed by atoms with van der Waals surface area (Å²) in [7, 11) is 0. The van der Waals surface area contributed by atoms with Gasteiger partial charge in [-0.2, -0.15) is 4.98 Å². The first-order valence-electron chi connectivity index (χ1n) is 5.80. The Bertz CT molecular complexity index is 406. The van der Waals surface area contributed by atoms with E-state index in [0.717, 1.165) is 12.8 Å². The monoisotopic (exact) mass is 273 g/mol. The molecule has 0 aliphatic carbocycles. The van der Waals surface area contributed by atoms with Crippen LogP contribution in [0, 0.1) is 0 Å². The average Bonchev–Trinajstić information content (AvgIpc) is 2.74. The highest BCUT2D eigenvalue weighted by Crippen LogP contribution is 2.29. The Balaban J connectivity index is 2.55. The lowest BCUT2D eigenvalue weighted by molar-refractivity contribution is -0.139. The zero-order valence-electron chi connectivity index (χ0n) is 10.8. The fourth-order valence-corrected chi connectivity index (χ4v) is 2.20. The van der Waals surface area contributed by atoms with E-state index in [2.05, 4.69) is 10.1 Å². The molecule has 1 aromatic heterocycles. The number of carbonyl (C=O) groups is 1. The number of carboxylic acids is 1. The van der Waals surface area contributed by atoms with Crippen LogP contribution in [0.15, 0.2) is 4.52 Å². The molecule has 1 aromatic rings. The molecule has 6 nitrogen and oxygen atoms in total. The lowest BCUT2D eigenvalue weighted by atomic mass is 10.1. The largest absolute Gasteiger partial charge is 0.480 e. The summed E-state index contributed by atoms with van der Waals surface area (Å²) in [5.41, 5.74) is 5.63. The molecular formula is C11H19N3O3S. The fourth-order valence-electron chi connectivity index (χ4n) is 1.30. The van der Waals surface area contributed by atoms with Gasteiger partial charge in [0.25, 0.3) is 0 Å². The molecule has 0 aromatic carbocycles. The molecule has 1 rings (SSSR count). The van der Waals surface area contributed by atoms with Crippen LogP contribution in [0.1, 0.15) is 38.9 Å². The molecule has 0 saturated heterocycles. The number of hydrogen-bond acceptors (Lipinski definition) is 6. The lowest BCUT2D eigenvalue weighted by Gasteiger charge is -2.27. The summed E-state index contributed by atoms with van der Waals surface area (Å²) in [5, 5.41) is 12.7. The van der Waals surface area contributed by atoms with Gasteiger partial charge in [0, 0.05) is 11.2 Å². The number of aryl methyl sites for hydroxylation is 1. The quantitative estimate of drug-likeness (QED) is 0.775. The van der Waals surface area contributed by atoms with Crippen molar-refractivity contribution in [2.45, 2.75) is 50.2 Å². The van der Waals surface area contributed by atoms with E-state index in [9.17, 15) is 4.79 Å². The normalized spacial score (nSPS) is 13.6. The van der Waals surface area contributed by atoms with Crippen LogP contribution in [-0.2, 0) is 17.0 Å². The molecule has 0 radical (unpaired) electrons. The van der Waals surface area contributed by atoms with Crippen LogP contribution in [0.5, 0.6) is 0 Å². The number of rotatable bonds is 7. The Hall–Kier alpha value is -1.08. The van der Waals surface area contributed by atoms with Crippen LogP contribution in [0.4, 0.5) is 0 Å². The molecule has 0 unspecified atom stereocenters. The molecule has 0 bridgehead atoms. The van der Waals surface area contributed by atoms with Crippen molar-refractivity contribution < 1.29 is 14.4 Å². The third-order valence-corrected chi connectivity index (χ3v) is 3.96. The molecule has 0 aliphatic rings. The average molecular weight is 273 g/mol. The molecule has 0 spiro atoms. The molecule has 1 heterocycles. The Morgan fingerprint density at radius 2 is 2.28 bits per heavy atom. The topological polar surface area (TPSA) is 102 Å². The molecule has 3 N–H and O–H groups in total. The number of aromatic nitrogens is 2. The molecule has 7 heteroatoms. The second-order valence-corrected chi connectivity index (χ2v) is 6.19. The van der Waals surface area contributed by atoms with Crippen molar-refractivity contribution in [3.05, 3.63) is 11.7 Å². The van der Waals surface area contributed by atoms with E-state index in [-0.39, 0.29) is 0 Å². The second kappa shape index (κ2) is 6.19. The van der Waals surface area contributed by atoms with Crippen molar-refractivity contribution in [2.24, 2.45) is 5.73 Å². The molecule has 0 fully saturated rings. The number of carboxylic acid groups (broad SMARTS) is 1. The zero-order valence-corrected chi connectivity index (χ0v) is 11.7. The van der Waals surface area contributed by atoms with Gasteiger partial charge in [0.2, 0.25) is 5.89 Å². The van der Waals surface area contributed by atoms with Gasteiger partial charge in [0.1, 0.15) is 6.04 Å². The third kappa shape index (κ3) is 3.99. The van der Waals surface area contributed by atoms with Crippen molar-refractivity contribution in [1.82, 2.24) is 10.1 Å². The summed E-state index contributed by atoms with van der Waals surface area (Å²) in [6.07, 6.45) is 1.71. The smallest absolute Gasteiger partial charge is 0.321 e. The van der Waals surface area contributed by atoms with Crippen LogP contribution >= 0.6 is 11.8 Å². The summed E-state index contributed by atoms with van der Waals surface area (Å²) < 4.78 is 4.47. The highest BCUT2D eigenvalue weighted by Gasteiger charge is 2.32. The molecule has 0 aliphatic heterocycles. The molecule has 102 valence electrons. The molecular weight excluding hydrogens is 254 g/mol. The summed E-state index contributed by atoms with van der Waals surface area (Å²) in [6.45, 7) is 5.63. The van der Waals surface area contributed by atoms with E-state index in [4.69, 9.17) is 15.4 Å². The van der Waals surface area contributed by atoms with Crippen molar-refractivity contribution in [1.29, 1.82) is 0 Å². The summed E-state index contributed by atoms with van der Waals surface area (Å²) in [6, 6.07) is -0.926. The Labute approximate surface area is 110 Å². The van der Waals surface area contributed by atoms with E-state index < -0.39 is 16.8 Å². The van der Waals surface area contributed by atoms with Gasteiger partial charge in [0.15, 0.2) is 5.82 Å². The van der Waals surface area contributed by atoms with Crippen LogP contribution in [-0.4, -0.2) is 32.0 Å². The van der Waals surface area contributed by atoms with E-state index in [1.165, 1.54) is 11.8 Å². The minimum atomic E-state index is -1.01. The Kier molecular flexibility index (Phi) is 5.15. The van der Waals surface area contributed by atoms with Crippen LogP contribution in [0.3, 0.4) is 0 Å². The summed E-state index contributed by atoms with van der Waals surface area (Å²) >= 11 is 1.41. The standard InChI is InChI=1S/C11H19N3O3S/c1-4-5-8-13-7(14-17-8)6-18-11(2,3)9(12)10(15)16/h9H,4-6,12H2,1-3H3,(H,15,16)/t9-/m1/s1. The minimum absolute atomic E-state index is 0.487. The van der Waals surface area contributed by atoms with Gasteiger partial charge in [-0.3, -0.25) is 4.79 Å². The first-order valence-corrected chi connectivity index (χ1v) is 6.79. The van der Waals surface area contributed by atoms with Crippen molar-refractivity contribution in [3.63, 3.8) is 0 Å². The zero-order chi connectivity index (χ0) is 13.8. The minimum Gasteiger partial charge on any atom is -0.480 e. The summed E-state index contributed by atoms with van der Waals surface area (Å²) in [5.74, 6) is 0.677. The predicted molar refractivity (Wildman–Crippen MR) is 69.3 cm³/mol. The van der Waals surface area contributed by atoms with E-state index >= 15 is 0 Å². The number of nitrogens with zero attached hydrogens (tertiary/aromatic N) is 2. The van der Waals surface area contributed by atoms with Gasteiger partial charge in [-0.15, -0.1) is 11.8 Å². The molecule has 18 heavy (non-hydrogen) atoms. The van der Waals surface area contributed by atoms with Gasteiger partial charge in [0.05, 0.1) is 5.75 Å². The van der Waals surface area contributed by atoms with Crippen LogP contribution < -0.4 is 5.73 Å². The highest BCUT2D eigenvalue weighted by molar-refractivity contribution is 7.99. The molecule has 0 saturated carbocycles. The number of thioether (sulfide) groups is 1. The van der Waals surface area contributed by atoms with Gasteiger partial charge in [-0.1, -0.05) is 12.1 Å². The lowest BCUT2D eigenvalue weighted by Crippen LogP contribution is -2.46. The van der Waals surface area contributed by atoms with Crippen LogP contribution in [0.25, 0.3) is 0 Å². The second-order valence-electron chi connectivity index (χ2n) is 4.56. The molecule has 0 amide bonds. The number of aliphatic carboxylic acids is 1. The van der Waals surface area contributed by atoms with Crippen molar-refractivity contribution >= 4 is 17.7 Å². The van der Waals surface area contributed by atoms with Gasteiger partial charge < -0.3 is 15.4 Å². The third-order valence-electron chi connectivity index (χ3n) is 2.56. The summed E-state index contributed by atoms with van der Waals surface area (Å²) in [4.78, 5) is 15.1. The van der Waals surface area contributed by atoms with E-state index in [0.29, 0.717) is 17.5 Å². The maximum absolute atomic E-state index is 10.9. The maximum Gasteiger partial charge on any atom is 0.321 e. The number of hydrogen-bond donors (Lipinski definition) is 2. The first-order chi connectivity index (χ1) is 8.36. The maximum atomic E-state index is 10.9. The highest BCUT2D eigenvalue weighted by atomic mass is 32.2. The van der Waals surface area contributed by atoms with E-state index in [1.807, 2.05) is 6.92 Å². The van der Waals surface area contributed by atoms with Crippen LogP contribution in [0.2, 0.25) is 0 Å². The number of nitrogens with two attached hydrogens (primary N) is 1. The van der Waals surface area contributed by atoms with Gasteiger partial charge >= 0.3 is 5.97 Å². The van der Waals surface area contributed by atoms with Crippen molar-refractivity contribution in [2.75, 3.05) is 0 Å². The first kappa shape index (κ1) is 15.0. The van der Waals surface area contributed by atoms with Gasteiger partial charge in [-0.25, -0.2) is 0 Å². The van der Waals surface area contributed by atoms with E-state index in [1.54, 1.807) is 13.8 Å². The Morgan fingerprint density at radius 3 is 2.83 bits per heavy atom. The molecule has 1 atom stereocenters. The van der Waals surface area contributed by atoms with Crippen molar-refractivity contribution in [3.8, 4) is 0 Å². The SMILES string of the molecule is CCCc1nc(CSC(C)(C)[C@H](N)C(=O)O)no1. The Morgan fingerprint density at radius 1 is 1.61 bits per heavy atom.